The van der Waals surface area contributed by atoms with Crippen molar-refractivity contribution < 1.29 is 37.9 Å². The highest BCUT2D eigenvalue weighted by molar-refractivity contribution is 7.47. The Morgan fingerprint density at radius 3 is 1.69 bits per heavy atom. The number of ether oxygens (including phenoxy) is 1. The Bertz CT molecular complexity index is 1130. The van der Waals surface area contributed by atoms with Crippen molar-refractivity contribution in [2.24, 2.45) is 0 Å². The fourth-order valence-corrected chi connectivity index (χ4v) is 5.39. The lowest BCUT2D eigenvalue weighted by molar-refractivity contribution is -0.147. The molecule has 52 heavy (non-hydrogen) atoms. The number of amides is 1. The van der Waals surface area contributed by atoms with E-state index in [0.717, 1.165) is 70.6 Å². The Kier molecular flexibility index (Phi) is 35.9. The Labute approximate surface area is 315 Å². The second-order valence-electron chi connectivity index (χ2n) is 12.5. The van der Waals surface area contributed by atoms with E-state index >= 15 is 0 Å². The van der Waals surface area contributed by atoms with E-state index in [2.05, 4.69) is 92.1 Å². The van der Waals surface area contributed by atoms with Gasteiger partial charge in [0.15, 0.2) is 0 Å². The minimum Gasteiger partial charge on any atom is -0.463 e. The topological polar surface area (TPSA) is 131 Å². The summed E-state index contributed by atoms with van der Waals surface area (Å²) < 4.78 is 26.7. The molecule has 2 unspecified atom stereocenters. The highest BCUT2D eigenvalue weighted by Crippen LogP contribution is 2.42. The molecule has 10 heteroatoms. The number of aliphatic hydroxyl groups is 1. The summed E-state index contributed by atoms with van der Waals surface area (Å²) in [5.74, 6) is -0.621. The molecule has 0 heterocycles. The van der Waals surface area contributed by atoms with E-state index in [4.69, 9.17) is 13.8 Å². The van der Waals surface area contributed by atoms with Gasteiger partial charge in [0, 0.05) is 19.4 Å². The number of carbonyl (C=O) groups is 2. The summed E-state index contributed by atoms with van der Waals surface area (Å²) in [6.45, 7) is 3.28. The van der Waals surface area contributed by atoms with E-state index in [-0.39, 0.29) is 32.1 Å². The molecule has 1 amide bonds. The van der Waals surface area contributed by atoms with Gasteiger partial charge in [-0.3, -0.25) is 18.6 Å². The van der Waals surface area contributed by atoms with Gasteiger partial charge in [0.2, 0.25) is 5.91 Å². The average Bonchev–Trinajstić information content (AvgIpc) is 3.13. The van der Waals surface area contributed by atoms with Crippen molar-refractivity contribution in [3.05, 3.63) is 85.1 Å². The number of phosphoric ester groups is 1. The fourth-order valence-electron chi connectivity index (χ4n) is 4.63. The second-order valence-corrected chi connectivity index (χ2v) is 14.0. The molecule has 0 aromatic carbocycles. The van der Waals surface area contributed by atoms with Crippen molar-refractivity contribution in [1.82, 2.24) is 5.32 Å². The fraction of sp³-hybridized carbons (Fsp3) is 0.619. The monoisotopic (exact) mass is 747 g/mol. The standard InChI is InChI=1S/C42H70NO8P/c1-3-5-7-9-11-13-15-17-18-19-20-21-22-23-25-27-29-31-33-35-42(46)49-38-40(44)39-51-52(47,48)50-37-36-43-41(45)34-32-30-28-26-24-16-14-12-10-8-6-4-2/h5,7,11-14,17-18,20-21,23,25,29,31,40,44H,3-4,6,8-10,15-16,19,22,24,26-28,30,32-39H2,1-2H3,(H,43,45)(H,47,48)/b7-5-,13-11-,14-12-,18-17-,21-20-,25-23-,31-29-. The minimum atomic E-state index is -4.43. The lowest BCUT2D eigenvalue weighted by Gasteiger charge is -2.15. The van der Waals surface area contributed by atoms with E-state index in [0.29, 0.717) is 12.8 Å². The molecule has 3 N–H and O–H groups in total. The molecule has 2 atom stereocenters. The number of allylic oxidation sites excluding steroid dienone is 14. The number of phosphoric acid groups is 1. The van der Waals surface area contributed by atoms with Crippen molar-refractivity contribution in [2.45, 2.75) is 142 Å². The predicted molar refractivity (Wildman–Crippen MR) is 215 cm³/mol. The van der Waals surface area contributed by atoms with Crippen LogP contribution in [0.4, 0.5) is 0 Å². The molecule has 0 saturated carbocycles. The van der Waals surface area contributed by atoms with Gasteiger partial charge >= 0.3 is 13.8 Å². The van der Waals surface area contributed by atoms with Crippen LogP contribution in [0.5, 0.6) is 0 Å². The summed E-state index contributed by atoms with van der Waals surface area (Å²) in [6, 6.07) is 0. The molecule has 0 aliphatic rings. The highest BCUT2D eigenvalue weighted by Gasteiger charge is 2.23. The Balaban J connectivity index is 3.78. The zero-order valence-corrected chi connectivity index (χ0v) is 33.1. The SMILES string of the molecule is CC/C=C\C/C=C\C/C=C\C/C=C\C/C=C\C/C=C\CCC(=O)OCC(O)COP(=O)(O)OCCNC(=O)CCCCCCC/C=C\CCCCC. The van der Waals surface area contributed by atoms with Gasteiger partial charge in [-0.15, -0.1) is 0 Å². The van der Waals surface area contributed by atoms with Crippen molar-refractivity contribution in [3.8, 4) is 0 Å². The van der Waals surface area contributed by atoms with Crippen LogP contribution >= 0.6 is 7.82 Å². The molecule has 9 nitrogen and oxygen atoms in total. The van der Waals surface area contributed by atoms with E-state index in [9.17, 15) is 24.2 Å². The van der Waals surface area contributed by atoms with Crippen molar-refractivity contribution in [3.63, 3.8) is 0 Å². The first-order valence-electron chi connectivity index (χ1n) is 19.6. The molecule has 0 bridgehead atoms. The van der Waals surface area contributed by atoms with Crippen LogP contribution in [-0.4, -0.2) is 54.3 Å². The largest absolute Gasteiger partial charge is 0.472 e. The van der Waals surface area contributed by atoms with Crippen molar-refractivity contribution in [1.29, 1.82) is 0 Å². The summed E-state index contributed by atoms with van der Waals surface area (Å²) in [5.41, 5.74) is 0. The number of esters is 1. The molecule has 0 fully saturated rings. The van der Waals surface area contributed by atoms with Gasteiger partial charge in [0.25, 0.3) is 0 Å². The number of carbonyl (C=O) groups excluding carboxylic acids is 2. The van der Waals surface area contributed by atoms with Gasteiger partial charge < -0.3 is 20.1 Å². The van der Waals surface area contributed by atoms with Crippen molar-refractivity contribution in [2.75, 3.05) is 26.4 Å². The normalized spacial score (nSPS) is 14.3. The van der Waals surface area contributed by atoms with Gasteiger partial charge in [-0.2, -0.15) is 0 Å². The first kappa shape index (κ1) is 49.2. The lowest BCUT2D eigenvalue weighted by atomic mass is 10.1. The molecule has 0 rings (SSSR count). The molecule has 0 spiro atoms. The Hall–Kier alpha value is -2.81. The lowest BCUT2D eigenvalue weighted by Crippen LogP contribution is -2.27. The summed E-state index contributed by atoms with van der Waals surface area (Å²) in [6.07, 6.45) is 46.7. The van der Waals surface area contributed by atoms with E-state index < -0.39 is 26.5 Å². The highest BCUT2D eigenvalue weighted by atomic mass is 31.2. The number of rotatable bonds is 35. The third-order valence-electron chi connectivity index (χ3n) is 7.57. The summed E-state index contributed by atoms with van der Waals surface area (Å²) in [5, 5.41) is 12.6. The van der Waals surface area contributed by atoms with Crippen LogP contribution in [0.25, 0.3) is 0 Å². The van der Waals surface area contributed by atoms with Crippen LogP contribution in [0, 0.1) is 0 Å². The van der Waals surface area contributed by atoms with Crippen molar-refractivity contribution >= 4 is 19.7 Å². The molecule has 0 aromatic rings. The molecule has 0 aromatic heterocycles. The molecule has 0 saturated heterocycles. The third kappa shape index (κ3) is 38.4. The van der Waals surface area contributed by atoms with Gasteiger partial charge in [-0.1, -0.05) is 131 Å². The molecular weight excluding hydrogens is 677 g/mol. The maximum Gasteiger partial charge on any atom is 0.472 e. The van der Waals surface area contributed by atoms with Crippen LogP contribution in [-0.2, 0) is 27.9 Å². The Morgan fingerprint density at radius 1 is 0.615 bits per heavy atom. The van der Waals surface area contributed by atoms with E-state index in [1.165, 1.54) is 32.1 Å². The maximum atomic E-state index is 12.1. The number of aliphatic hydroxyl groups excluding tert-OH is 1. The number of unbranched alkanes of at least 4 members (excludes halogenated alkanes) is 8. The molecule has 296 valence electrons. The smallest absolute Gasteiger partial charge is 0.463 e. The predicted octanol–water partition coefficient (Wildman–Crippen LogP) is 10.5. The zero-order valence-electron chi connectivity index (χ0n) is 32.2. The summed E-state index contributed by atoms with van der Waals surface area (Å²) >= 11 is 0. The van der Waals surface area contributed by atoms with Crippen LogP contribution in [0.2, 0.25) is 0 Å². The molecular formula is C42H70NO8P. The number of nitrogens with one attached hydrogen (secondary N) is 1. The maximum absolute atomic E-state index is 12.1. The average molecular weight is 748 g/mol. The number of hydrogen-bond acceptors (Lipinski definition) is 7. The molecule has 0 aliphatic carbocycles. The van der Waals surface area contributed by atoms with Gasteiger partial charge in [0.05, 0.1) is 13.2 Å². The summed E-state index contributed by atoms with van der Waals surface area (Å²) in [7, 11) is -4.43. The molecule has 0 radical (unpaired) electrons. The van der Waals surface area contributed by atoms with Crippen LogP contribution in [0.3, 0.4) is 0 Å². The quantitative estimate of drug-likeness (QED) is 0.0253. The van der Waals surface area contributed by atoms with E-state index in [1.807, 2.05) is 12.2 Å². The summed E-state index contributed by atoms with van der Waals surface area (Å²) in [4.78, 5) is 33.7. The van der Waals surface area contributed by atoms with Crippen LogP contribution in [0.15, 0.2) is 85.1 Å². The van der Waals surface area contributed by atoms with Gasteiger partial charge in [-0.05, 0) is 77.0 Å². The zero-order chi connectivity index (χ0) is 38.2. The second kappa shape index (κ2) is 37.9. The minimum absolute atomic E-state index is 0.0638. The van der Waals surface area contributed by atoms with Gasteiger partial charge in [0.1, 0.15) is 12.7 Å². The third-order valence-corrected chi connectivity index (χ3v) is 8.56. The number of hydrogen-bond donors (Lipinski definition) is 3. The van der Waals surface area contributed by atoms with Crippen LogP contribution < -0.4 is 5.32 Å². The van der Waals surface area contributed by atoms with E-state index in [1.54, 1.807) is 0 Å². The Morgan fingerprint density at radius 2 is 1.12 bits per heavy atom. The van der Waals surface area contributed by atoms with Crippen LogP contribution in [0.1, 0.15) is 136 Å². The molecule has 0 aliphatic heterocycles. The first-order valence-corrected chi connectivity index (χ1v) is 21.1. The van der Waals surface area contributed by atoms with Gasteiger partial charge in [-0.25, -0.2) is 4.57 Å². The first-order chi connectivity index (χ1) is 25.3.